The number of nitro benzene ring substituents is 1. The van der Waals surface area contributed by atoms with E-state index in [0.717, 1.165) is 11.1 Å². The first-order chi connectivity index (χ1) is 12.5. The molecular weight excluding hydrogens is 332 g/mol. The Bertz CT molecular complexity index is 974. The second-order valence-electron chi connectivity index (χ2n) is 5.65. The molecule has 0 saturated heterocycles. The molecule has 3 rings (SSSR count). The van der Waals surface area contributed by atoms with Crippen LogP contribution in [0.1, 0.15) is 11.3 Å². The predicted octanol–water partition coefficient (Wildman–Crippen LogP) is 4.82. The Morgan fingerprint density at radius 3 is 2.62 bits per heavy atom. The quantitative estimate of drug-likeness (QED) is 0.407. The molecule has 0 unspecified atom stereocenters. The molecule has 0 bridgehead atoms. The normalized spacial score (nSPS) is 10.8. The van der Waals surface area contributed by atoms with Crippen LogP contribution in [0.3, 0.4) is 0 Å². The first-order valence-electron chi connectivity index (χ1n) is 7.92. The predicted molar refractivity (Wildman–Crippen MR) is 99.6 cm³/mol. The second kappa shape index (κ2) is 7.48. The highest BCUT2D eigenvalue weighted by Crippen LogP contribution is 2.23. The highest BCUT2D eigenvalue weighted by molar-refractivity contribution is 6.02. The number of amides is 1. The molecule has 2 aromatic carbocycles. The van der Waals surface area contributed by atoms with Crippen molar-refractivity contribution in [3.63, 3.8) is 0 Å². The van der Waals surface area contributed by atoms with Crippen molar-refractivity contribution < 1.29 is 14.1 Å². The van der Waals surface area contributed by atoms with E-state index in [1.807, 2.05) is 36.4 Å². The van der Waals surface area contributed by atoms with E-state index in [-0.39, 0.29) is 5.69 Å². The van der Waals surface area contributed by atoms with Crippen LogP contribution in [0.2, 0.25) is 0 Å². The van der Waals surface area contributed by atoms with Gasteiger partial charge < -0.3 is 9.73 Å². The fourth-order valence-corrected chi connectivity index (χ4v) is 2.39. The van der Waals surface area contributed by atoms with Gasteiger partial charge in [0, 0.05) is 23.8 Å². The molecular formula is C20H16N2O4. The Labute approximate surface area is 149 Å². The molecule has 3 aromatic rings. The van der Waals surface area contributed by atoms with Gasteiger partial charge in [0.1, 0.15) is 11.5 Å². The number of nitrogens with zero attached hydrogens (tertiary/aromatic N) is 1. The zero-order chi connectivity index (χ0) is 18.5. The fraction of sp³-hybridized carbons (Fsp3) is 0.0500. The SMILES string of the molecule is Cc1ccc([N+](=O)[O-])cc1NC(=O)/C=C/c1ccc(-c2ccccc2)o1. The molecule has 6 heteroatoms. The molecule has 0 radical (unpaired) electrons. The molecule has 0 spiro atoms. The molecule has 1 amide bonds. The van der Waals surface area contributed by atoms with Gasteiger partial charge in [0.15, 0.2) is 0 Å². The molecule has 1 N–H and O–H groups in total. The van der Waals surface area contributed by atoms with Crippen molar-refractivity contribution in [2.24, 2.45) is 0 Å². The number of carbonyl (C=O) groups excluding carboxylic acids is 1. The zero-order valence-corrected chi connectivity index (χ0v) is 14.0. The summed E-state index contributed by atoms with van der Waals surface area (Å²) in [4.78, 5) is 22.4. The van der Waals surface area contributed by atoms with Gasteiger partial charge in [-0.15, -0.1) is 0 Å². The van der Waals surface area contributed by atoms with E-state index in [9.17, 15) is 14.9 Å². The van der Waals surface area contributed by atoms with Crippen LogP contribution in [-0.4, -0.2) is 10.8 Å². The van der Waals surface area contributed by atoms with Crippen LogP contribution in [-0.2, 0) is 4.79 Å². The Balaban J connectivity index is 1.70. The van der Waals surface area contributed by atoms with Gasteiger partial charge in [-0.05, 0) is 30.7 Å². The minimum absolute atomic E-state index is 0.0755. The van der Waals surface area contributed by atoms with Crippen molar-refractivity contribution in [2.45, 2.75) is 6.92 Å². The standard InChI is InChI=1S/C20H16N2O4/c1-14-7-8-16(22(24)25)13-18(14)21-20(23)12-10-17-9-11-19(26-17)15-5-3-2-4-6-15/h2-13H,1H3,(H,21,23)/b12-10+. The average molecular weight is 348 g/mol. The van der Waals surface area contributed by atoms with Crippen LogP contribution in [0.25, 0.3) is 17.4 Å². The van der Waals surface area contributed by atoms with Crippen molar-refractivity contribution in [1.82, 2.24) is 0 Å². The first-order valence-corrected chi connectivity index (χ1v) is 7.92. The molecule has 0 fully saturated rings. The number of anilines is 1. The second-order valence-corrected chi connectivity index (χ2v) is 5.65. The highest BCUT2D eigenvalue weighted by Gasteiger charge is 2.10. The summed E-state index contributed by atoms with van der Waals surface area (Å²) >= 11 is 0. The zero-order valence-electron chi connectivity index (χ0n) is 14.0. The maximum atomic E-state index is 12.1. The Kier molecular flexibility index (Phi) is 4.94. The lowest BCUT2D eigenvalue weighted by molar-refractivity contribution is -0.384. The van der Waals surface area contributed by atoms with Gasteiger partial charge in [-0.2, -0.15) is 0 Å². The van der Waals surface area contributed by atoms with Gasteiger partial charge in [-0.25, -0.2) is 0 Å². The monoisotopic (exact) mass is 348 g/mol. The molecule has 0 atom stereocenters. The van der Waals surface area contributed by atoms with Crippen molar-refractivity contribution in [3.8, 4) is 11.3 Å². The number of non-ortho nitro benzene ring substituents is 1. The number of nitro groups is 1. The molecule has 0 aliphatic rings. The van der Waals surface area contributed by atoms with Crippen molar-refractivity contribution in [2.75, 3.05) is 5.32 Å². The van der Waals surface area contributed by atoms with Crippen molar-refractivity contribution >= 4 is 23.4 Å². The van der Waals surface area contributed by atoms with Gasteiger partial charge in [-0.3, -0.25) is 14.9 Å². The average Bonchev–Trinajstić information content (AvgIpc) is 3.11. The molecule has 0 aliphatic carbocycles. The minimum Gasteiger partial charge on any atom is -0.457 e. The highest BCUT2D eigenvalue weighted by atomic mass is 16.6. The largest absolute Gasteiger partial charge is 0.457 e. The third-order valence-corrected chi connectivity index (χ3v) is 3.77. The molecule has 1 aromatic heterocycles. The lowest BCUT2D eigenvalue weighted by Crippen LogP contribution is -2.09. The van der Waals surface area contributed by atoms with Gasteiger partial charge in [0.25, 0.3) is 5.69 Å². The van der Waals surface area contributed by atoms with E-state index < -0.39 is 10.8 Å². The summed E-state index contributed by atoms with van der Waals surface area (Å²) in [6.45, 7) is 1.77. The maximum absolute atomic E-state index is 12.1. The molecule has 0 saturated carbocycles. The van der Waals surface area contributed by atoms with Gasteiger partial charge in [0.05, 0.1) is 10.6 Å². The van der Waals surface area contributed by atoms with Gasteiger partial charge in [-0.1, -0.05) is 36.4 Å². The van der Waals surface area contributed by atoms with E-state index in [0.29, 0.717) is 17.2 Å². The third-order valence-electron chi connectivity index (χ3n) is 3.77. The summed E-state index contributed by atoms with van der Waals surface area (Å²) in [5.74, 6) is 0.848. The number of carbonyl (C=O) groups is 1. The third kappa shape index (κ3) is 4.05. The summed E-state index contributed by atoms with van der Waals surface area (Å²) in [5, 5.41) is 13.5. The molecule has 0 aliphatic heterocycles. The number of furan rings is 1. The Hall–Kier alpha value is -3.67. The number of nitrogens with one attached hydrogen (secondary N) is 1. The Morgan fingerprint density at radius 2 is 1.88 bits per heavy atom. The summed E-state index contributed by atoms with van der Waals surface area (Å²) < 4.78 is 5.69. The summed E-state index contributed by atoms with van der Waals surface area (Å²) in [6.07, 6.45) is 2.88. The fourth-order valence-electron chi connectivity index (χ4n) is 2.39. The van der Waals surface area contributed by atoms with Gasteiger partial charge in [0.2, 0.25) is 5.91 Å². The van der Waals surface area contributed by atoms with Gasteiger partial charge >= 0.3 is 0 Å². The number of hydrogen-bond donors (Lipinski definition) is 1. The van der Waals surface area contributed by atoms with Crippen LogP contribution >= 0.6 is 0 Å². The van der Waals surface area contributed by atoms with Crippen LogP contribution in [0.15, 0.2) is 71.2 Å². The Morgan fingerprint density at radius 1 is 1.12 bits per heavy atom. The molecule has 26 heavy (non-hydrogen) atoms. The number of rotatable bonds is 5. The number of hydrogen-bond acceptors (Lipinski definition) is 4. The summed E-state index contributed by atoms with van der Waals surface area (Å²) in [5.41, 5.74) is 2.01. The van der Waals surface area contributed by atoms with Crippen LogP contribution in [0.5, 0.6) is 0 Å². The maximum Gasteiger partial charge on any atom is 0.271 e. The number of aryl methyl sites for hydroxylation is 1. The van der Waals surface area contributed by atoms with Crippen LogP contribution < -0.4 is 5.32 Å². The minimum atomic E-state index is -0.501. The lowest BCUT2D eigenvalue weighted by atomic mass is 10.2. The van der Waals surface area contributed by atoms with Crippen molar-refractivity contribution in [3.05, 3.63) is 88.2 Å². The van der Waals surface area contributed by atoms with E-state index in [2.05, 4.69) is 5.32 Å². The smallest absolute Gasteiger partial charge is 0.271 e. The first kappa shape index (κ1) is 17.2. The topological polar surface area (TPSA) is 85.4 Å². The van der Waals surface area contributed by atoms with E-state index in [1.54, 1.807) is 25.1 Å². The molecule has 1 heterocycles. The van der Waals surface area contributed by atoms with Crippen LogP contribution in [0, 0.1) is 17.0 Å². The van der Waals surface area contributed by atoms with Crippen molar-refractivity contribution in [1.29, 1.82) is 0 Å². The van der Waals surface area contributed by atoms with Crippen LogP contribution in [0.4, 0.5) is 11.4 Å². The molecule has 6 nitrogen and oxygen atoms in total. The lowest BCUT2D eigenvalue weighted by Gasteiger charge is -2.05. The van der Waals surface area contributed by atoms with E-state index >= 15 is 0 Å². The van der Waals surface area contributed by atoms with E-state index in [1.165, 1.54) is 18.2 Å². The van der Waals surface area contributed by atoms with E-state index in [4.69, 9.17) is 4.42 Å². The number of benzene rings is 2. The molecule has 130 valence electrons. The summed E-state index contributed by atoms with van der Waals surface area (Å²) in [7, 11) is 0. The summed E-state index contributed by atoms with van der Waals surface area (Å²) in [6, 6.07) is 17.6.